The topological polar surface area (TPSA) is 22.8 Å². The normalized spacial score (nSPS) is 12.3. The maximum atomic E-state index is 2.61. The van der Waals surface area contributed by atoms with E-state index in [0.717, 1.165) is 135 Å². The molecular formula is C98H65BN6. The van der Waals surface area contributed by atoms with Gasteiger partial charge in [-0.2, -0.15) is 0 Å². The minimum Gasteiger partial charge on any atom is -0.311 e. The molecule has 0 aliphatic carbocycles. The Bertz CT molecular complexity index is 6110. The van der Waals surface area contributed by atoms with Gasteiger partial charge in [-0.15, -0.1) is 0 Å². The number of hydrogen-bond donors (Lipinski definition) is 0. The quantitative estimate of drug-likeness (QED) is 0.114. The molecule has 0 atom stereocenters. The molecule has 2 aliphatic rings. The molecule has 0 saturated carbocycles. The summed E-state index contributed by atoms with van der Waals surface area (Å²) in [5, 5.41) is 9.37. The summed E-state index contributed by atoms with van der Waals surface area (Å²) in [6.07, 6.45) is 0. The number of rotatable bonds is 12. The molecule has 0 unspecified atom stereocenters. The van der Waals surface area contributed by atoms with Crippen LogP contribution in [0.4, 0.5) is 68.2 Å². The maximum absolute atomic E-state index is 2.61. The molecule has 17 aromatic carbocycles. The monoisotopic (exact) mass is 1340 g/mol. The van der Waals surface area contributed by atoms with Crippen LogP contribution in [0.2, 0.25) is 0 Å². The van der Waals surface area contributed by atoms with Gasteiger partial charge in [0.15, 0.2) is 0 Å². The van der Waals surface area contributed by atoms with Gasteiger partial charge in [-0.05, 0) is 219 Å². The smallest absolute Gasteiger partial charge is 0.252 e. The van der Waals surface area contributed by atoms with Crippen molar-refractivity contribution < 1.29 is 0 Å². The van der Waals surface area contributed by atoms with Crippen LogP contribution in [0.5, 0.6) is 0 Å². The molecule has 0 spiro atoms. The van der Waals surface area contributed by atoms with Crippen LogP contribution in [0.15, 0.2) is 394 Å². The Balaban J connectivity index is 0.866. The Morgan fingerprint density at radius 2 is 0.524 bits per heavy atom. The molecule has 7 heteroatoms. The molecule has 21 rings (SSSR count). The van der Waals surface area contributed by atoms with Gasteiger partial charge in [-0.25, -0.2) is 0 Å². The van der Waals surface area contributed by atoms with Crippen molar-refractivity contribution in [2.45, 2.75) is 0 Å². The summed E-state index contributed by atoms with van der Waals surface area (Å²) in [5.41, 5.74) is 28.4. The summed E-state index contributed by atoms with van der Waals surface area (Å²) in [5.74, 6) is 0. The summed E-state index contributed by atoms with van der Waals surface area (Å²) in [7, 11) is 0. The summed E-state index contributed by atoms with van der Waals surface area (Å²) in [6, 6.07) is 146. The lowest BCUT2D eigenvalue weighted by atomic mass is 9.33. The summed E-state index contributed by atoms with van der Waals surface area (Å²) in [4.78, 5) is 9.93. The molecule has 0 fully saturated rings. The molecule has 0 radical (unpaired) electrons. The third-order valence-electron chi connectivity index (χ3n) is 21.7. The van der Waals surface area contributed by atoms with Crippen LogP contribution in [-0.4, -0.2) is 15.8 Å². The maximum Gasteiger partial charge on any atom is 0.252 e. The number of para-hydroxylation sites is 8. The van der Waals surface area contributed by atoms with Crippen molar-refractivity contribution in [1.29, 1.82) is 0 Å². The SMILES string of the molecule is c1ccc(-c2ccccc2N2c3cc4c5cc6ccc(N(c7ccccc7)c7ccccc7)cc6cc5n(-c5ccccc5)c4cc3B3c4cc5c(cc4N(c4ccccc4-c4ccccc4)c4cccc2c43)c2cc3ccc(N(c4ccccc4)c4ccccc4)cc3cc2n5-c2ccccc2)cc1. The van der Waals surface area contributed by atoms with Crippen LogP contribution in [-0.2, 0) is 0 Å². The first-order chi connectivity index (χ1) is 52.1. The van der Waals surface area contributed by atoms with Crippen LogP contribution in [0.1, 0.15) is 0 Å². The fourth-order valence-corrected chi connectivity index (χ4v) is 17.2. The van der Waals surface area contributed by atoms with Gasteiger partial charge >= 0.3 is 0 Å². The van der Waals surface area contributed by atoms with Crippen molar-refractivity contribution in [2.75, 3.05) is 19.6 Å². The van der Waals surface area contributed by atoms with E-state index in [9.17, 15) is 0 Å². The number of hydrogen-bond acceptors (Lipinski definition) is 4. The summed E-state index contributed by atoms with van der Waals surface area (Å²) < 4.78 is 5.06. The van der Waals surface area contributed by atoms with Gasteiger partial charge in [-0.3, -0.25) is 0 Å². The van der Waals surface area contributed by atoms with Gasteiger partial charge in [0.05, 0.1) is 33.4 Å². The Morgan fingerprint density at radius 1 is 0.210 bits per heavy atom. The second-order valence-corrected chi connectivity index (χ2v) is 27.6. The standard InChI is InChI=1S/C98H65BN6/c1-9-30-66(31-10-1)80-46-25-27-48-88(80)104-90-50-29-51-91-98(90)99(86-64-94-84(62-96(86)104)82-58-68-52-54-78(56-70(68)60-92(82)102(94)76-42-21-7-22-43-76)100(72-34-13-3-14-35-72)73-36-15-4-16-37-73)87-65-95-85(63-97(87)105(91)89-49-28-26-47-81(89)67-32-11-2-12-33-67)83-59-69-53-55-79(57-71(69)61-93(83)103(95)77-44-23-8-24-45-77)101(74-38-17-5-18-39-74)75-40-19-6-20-41-75/h1-65H. The zero-order valence-corrected chi connectivity index (χ0v) is 57.3. The number of benzene rings is 17. The number of fused-ring (bicyclic) bond motifs is 12. The van der Waals surface area contributed by atoms with E-state index in [4.69, 9.17) is 0 Å². The molecule has 19 aromatic rings. The lowest BCUT2D eigenvalue weighted by molar-refractivity contribution is 1.18. The van der Waals surface area contributed by atoms with Crippen LogP contribution in [0.25, 0.3) is 98.8 Å². The number of nitrogens with zero attached hydrogens (tertiary/aromatic N) is 6. The van der Waals surface area contributed by atoms with Gasteiger partial charge < -0.3 is 28.7 Å². The molecule has 0 amide bonds. The van der Waals surface area contributed by atoms with Crippen LogP contribution in [0.3, 0.4) is 0 Å². The largest absolute Gasteiger partial charge is 0.311 e. The second-order valence-electron chi connectivity index (χ2n) is 27.6. The van der Waals surface area contributed by atoms with Crippen LogP contribution in [0, 0.1) is 0 Å². The van der Waals surface area contributed by atoms with Crippen LogP contribution >= 0.6 is 0 Å². The minimum absolute atomic E-state index is 0.257. The Hall–Kier alpha value is -13.9. The third kappa shape index (κ3) is 9.74. The molecular weight excluding hydrogens is 1270 g/mol. The molecule has 2 aromatic heterocycles. The Kier molecular flexibility index (Phi) is 14.0. The molecule has 6 nitrogen and oxygen atoms in total. The molecule has 0 saturated heterocycles. The lowest BCUT2D eigenvalue weighted by Gasteiger charge is -2.45. The van der Waals surface area contributed by atoms with E-state index in [2.05, 4.69) is 423 Å². The fraction of sp³-hybridized carbons (Fsp3) is 0. The van der Waals surface area contributed by atoms with Gasteiger partial charge in [0.1, 0.15) is 0 Å². The van der Waals surface area contributed by atoms with Crippen molar-refractivity contribution in [3.63, 3.8) is 0 Å². The highest BCUT2D eigenvalue weighted by molar-refractivity contribution is 7.00. The van der Waals surface area contributed by atoms with Crippen molar-refractivity contribution >= 4 is 157 Å². The third-order valence-corrected chi connectivity index (χ3v) is 21.7. The minimum atomic E-state index is -0.257. The first-order valence-corrected chi connectivity index (χ1v) is 36.2. The number of aromatic nitrogens is 2. The van der Waals surface area contributed by atoms with Gasteiger partial charge in [0, 0.05) is 101 Å². The van der Waals surface area contributed by atoms with E-state index in [1.165, 1.54) is 48.7 Å². The van der Waals surface area contributed by atoms with E-state index >= 15 is 0 Å². The highest BCUT2D eigenvalue weighted by Crippen LogP contribution is 2.52. The van der Waals surface area contributed by atoms with E-state index < -0.39 is 0 Å². The van der Waals surface area contributed by atoms with E-state index in [0.29, 0.717) is 0 Å². The zero-order valence-electron chi connectivity index (χ0n) is 57.3. The van der Waals surface area contributed by atoms with Gasteiger partial charge in [-0.1, -0.05) is 224 Å². The van der Waals surface area contributed by atoms with Crippen LogP contribution < -0.4 is 36.0 Å². The van der Waals surface area contributed by atoms with Gasteiger partial charge in [0.25, 0.3) is 6.71 Å². The molecule has 4 heterocycles. The van der Waals surface area contributed by atoms with E-state index in [-0.39, 0.29) is 6.71 Å². The summed E-state index contributed by atoms with van der Waals surface area (Å²) >= 11 is 0. The van der Waals surface area contributed by atoms with Crippen molar-refractivity contribution in [3.05, 3.63) is 394 Å². The molecule has 0 N–H and O–H groups in total. The Morgan fingerprint density at radius 3 is 0.905 bits per heavy atom. The van der Waals surface area contributed by atoms with E-state index in [1.54, 1.807) is 0 Å². The lowest BCUT2D eigenvalue weighted by Crippen LogP contribution is -2.61. The van der Waals surface area contributed by atoms with Gasteiger partial charge in [0.2, 0.25) is 0 Å². The highest BCUT2D eigenvalue weighted by Gasteiger charge is 2.45. The van der Waals surface area contributed by atoms with Crippen molar-refractivity contribution in [2.24, 2.45) is 0 Å². The second kappa shape index (κ2) is 24.4. The predicted molar refractivity (Wildman–Crippen MR) is 444 cm³/mol. The molecule has 490 valence electrons. The first-order valence-electron chi connectivity index (χ1n) is 36.2. The van der Waals surface area contributed by atoms with E-state index in [1.807, 2.05) is 0 Å². The average molecular weight is 1340 g/mol. The summed E-state index contributed by atoms with van der Waals surface area (Å²) in [6.45, 7) is -0.257. The molecule has 2 aliphatic heterocycles. The van der Waals surface area contributed by atoms with Crippen molar-refractivity contribution in [1.82, 2.24) is 9.13 Å². The predicted octanol–water partition coefficient (Wildman–Crippen LogP) is 24.5. The molecule has 0 bridgehead atoms. The van der Waals surface area contributed by atoms with Crippen molar-refractivity contribution in [3.8, 4) is 33.6 Å². The zero-order chi connectivity index (χ0) is 69.1. The number of anilines is 12. The fourth-order valence-electron chi connectivity index (χ4n) is 17.2. The Labute approximate surface area is 609 Å². The average Bonchev–Trinajstić information content (AvgIpc) is 1.67. The highest BCUT2D eigenvalue weighted by atomic mass is 15.2. The first kappa shape index (κ1) is 59.9. The molecule has 105 heavy (non-hydrogen) atoms.